The molecule has 1 aromatic carbocycles. The fourth-order valence-corrected chi connectivity index (χ4v) is 4.45. The highest BCUT2D eigenvalue weighted by Crippen LogP contribution is 2.26. The Labute approximate surface area is 171 Å². The van der Waals surface area contributed by atoms with Gasteiger partial charge in [-0.25, -0.2) is 4.98 Å². The van der Waals surface area contributed by atoms with Crippen LogP contribution in [0.4, 0.5) is 11.8 Å². The molecule has 29 heavy (non-hydrogen) atoms. The first kappa shape index (κ1) is 18.3. The largest absolute Gasteiger partial charge is 0.379 e. The van der Waals surface area contributed by atoms with E-state index in [-0.39, 0.29) is 6.04 Å². The van der Waals surface area contributed by atoms with E-state index >= 15 is 0 Å². The fraction of sp³-hybridized carbons (Fsp3) is 0.435. The summed E-state index contributed by atoms with van der Waals surface area (Å²) in [6.07, 6.45) is 5.31. The van der Waals surface area contributed by atoms with Crippen LogP contribution in [0.3, 0.4) is 0 Å². The number of ether oxygens (including phenoxy) is 1. The lowest BCUT2D eigenvalue weighted by Gasteiger charge is -2.22. The van der Waals surface area contributed by atoms with Crippen molar-refractivity contribution in [2.75, 3.05) is 36.5 Å². The molecule has 2 aromatic heterocycles. The normalized spacial score (nSPS) is 21.8. The zero-order valence-corrected chi connectivity index (χ0v) is 16.8. The van der Waals surface area contributed by atoms with Gasteiger partial charge >= 0.3 is 0 Å². The summed E-state index contributed by atoms with van der Waals surface area (Å²) >= 11 is 0. The number of hydrogen-bond acceptors (Lipinski definition) is 6. The molecule has 0 amide bonds. The van der Waals surface area contributed by atoms with E-state index in [0.29, 0.717) is 12.5 Å². The molecule has 5 rings (SSSR count). The molecule has 0 aliphatic carbocycles. The third-order valence-corrected chi connectivity index (χ3v) is 5.98. The highest BCUT2D eigenvalue weighted by molar-refractivity contribution is 5.81. The highest BCUT2D eigenvalue weighted by Gasteiger charge is 2.29. The summed E-state index contributed by atoms with van der Waals surface area (Å²) < 4.78 is 5.85. The summed E-state index contributed by atoms with van der Waals surface area (Å²) in [7, 11) is 0. The summed E-state index contributed by atoms with van der Waals surface area (Å²) in [6.45, 7) is 5.60. The minimum absolute atomic E-state index is 0.239. The van der Waals surface area contributed by atoms with Crippen LogP contribution in [0.1, 0.15) is 24.1 Å². The van der Waals surface area contributed by atoms with E-state index < -0.39 is 0 Å². The molecule has 1 N–H and O–H groups in total. The van der Waals surface area contributed by atoms with Crippen molar-refractivity contribution in [3.8, 4) is 0 Å². The Morgan fingerprint density at radius 1 is 1.10 bits per heavy atom. The molecule has 2 fully saturated rings. The summed E-state index contributed by atoms with van der Waals surface area (Å²) in [5, 5.41) is 4.88. The van der Waals surface area contributed by atoms with Crippen molar-refractivity contribution in [1.29, 1.82) is 0 Å². The lowest BCUT2D eigenvalue weighted by Crippen LogP contribution is -2.30. The molecule has 0 unspecified atom stereocenters. The fourth-order valence-electron chi connectivity index (χ4n) is 4.45. The standard InChI is InChI=1S/C23H27N5O/c1-16-12-22(27-23(25-16)28-10-4-5-11-28)26-21-15-29-14-18(21)13-17-8-9-24-20-7-3-2-6-19(17)20/h2-3,6-9,12,18,21H,4-5,10-11,13-15H2,1H3,(H,25,26,27)/t18-,21-/m1/s1. The molecule has 2 saturated heterocycles. The van der Waals surface area contributed by atoms with Crippen LogP contribution in [0.15, 0.2) is 42.6 Å². The van der Waals surface area contributed by atoms with Crippen LogP contribution in [-0.2, 0) is 11.2 Å². The number of aryl methyl sites for hydroxylation is 1. The molecule has 0 radical (unpaired) electrons. The zero-order valence-electron chi connectivity index (χ0n) is 16.8. The Bertz CT molecular complexity index is 996. The van der Waals surface area contributed by atoms with Gasteiger partial charge in [0.2, 0.25) is 5.95 Å². The van der Waals surface area contributed by atoms with Gasteiger partial charge in [-0.1, -0.05) is 18.2 Å². The number of para-hydroxylation sites is 1. The lowest BCUT2D eigenvalue weighted by atomic mass is 9.93. The van der Waals surface area contributed by atoms with E-state index in [9.17, 15) is 0 Å². The maximum atomic E-state index is 5.85. The van der Waals surface area contributed by atoms with Crippen LogP contribution in [-0.4, -0.2) is 47.3 Å². The Kier molecular flexibility index (Phi) is 5.02. The van der Waals surface area contributed by atoms with Gasteiger partial charge in [0, 0.05) is 42.4 Å². The molecule has 3 aromatic rings. The Morgan fingerprint density at radius 3 is 2.86 bits per heavy atom. The Balaban J connectivity index is 1.35. The Morgan fingerprint density at radius 2 is 1.97 bits per heavy atom. The summed E-state index contributed by atoms with van der Waals surface area (Å²) in [6, 6.07) is 12.8. The monoisotopic (exact) mass is 389 g/mol. The van der Waals surface area contributed by atoms with Crippen molar-refractivity contribution in [2.24, 2.45) is 5.92 Å². The number of nitrogens with one attached hydrogen (secondary N) is 1. The van der Waals surface area contributed by atoms with Crippen LogP contribution < -0.4 is 10.2 Å². The molecule has 6 nitrogen and oxygen atoms in total. The minimum Gasteiger partial charge on any atom is -0.379 e. The first-order valence-electron chi connectivity index (χ1n) is 10.5. The molecule has 2 atom stereocenters. The van der Waals surface area contributed by atoms with E-state index in [1.807, 2.05) is 25.3 Å². The molecular weight excluding hydrogens is 362 g/mol. The highest BCUT2D eigenvalue weighted by atomic mass is 16.5. The number of hydrogen-bond donors (Lipinski definition) is 1. The molecule has 0 bridgehead atoms. The van der Waals surface area contributed by atoms with Crippen LogP contribution in [0.25, 0.3) is 10.9 Å². The minimum atomic E-state index is 0.239. The second kappa shape index (κ2) is 7.95. The van der Waals surface area contributed by atoms with Crippen molar-refractivity contribution in [3.05, 3.63) is 53.9 Å². The number of benzene rings is 1. The van der Waals surface area contributed by atoms with Crippen molar-refractivity contribution < 1.29 is 4.74 Å². The summed E-state index contributed by atoms with van der Waals surface area (Å²) in [5.74, 6) is 2.14. The predicted octanol–water partition coefficient (Wildman–Crippen LogP) is 3.60. The van der Waals surface area contributed by atoms with E-state index in [0.717, 1.165) is 49.1 Å². The number of nitrogens with zero attached hydrogens (tertiary/aromatic N) is 4. The number of fused-ring (bicyclic) bond motifs is 1. The van der Waals surface area contributed by atoms with Gasteiger partial charge in [0.05, 0.1) is 24.8 Å². The number of pyridine rings is 1. The average Bonchev–Trinajstić information content (AvgIpc) is 3.41. The summed E-state index contributed by atoms with van der Waals surface area (Å²) in [4.78, 5) is 16.2. The second-order valence-electron chi connectivity index (χ2n) is 8.13. The van der Waals surface area contributed by atoms with Crippen molar-refractivity contribution >= 4 is 22.7 Å². The third-order valence-electron chi connectivity index (χ3n) is 5.98. The van der Waals surface area contributed by atoms with Crippen LogP contribution in [0.2, 0.25) is 0 Å². The number of rotatable bonds is 5. The number of aromatic nitrogens is 3. The SMILES string of the molecule is Cc1cc(N[C@@H]2COC[C@H]2Cc2ccnc3ccccc23)nc(N2CCCC2)n1. The van der Waals surface area contributed by atoms with E-state index in [1.165, 1.54) is 23.8 Å². The van der Waals surface area contributed by atoms with E-state index in [4.69, 9.17) is 9.72 Å². The third kappa shape index (κ3) is 3.90. The molecular formula is C23H27N5O. The van der Waals surface area contributed by atoms with Gasteiger partial charge in [-0.3, -0.25) is 4.98 Å². The quantitative estimate of drug-likeness (QED) is 0.719. The number of anilines is 2. The first-order valence-corrected chi connectivity index (χ1v) is 10.5. The van der Waals surface area contributed by atoms with Gasteiger partial charge in [0.1, 0.15) is 5.82 Å². The average molecular weight is 390 g/mol. The van der Waals surface area contributed by atoms with Gasteiger partial charge < -0.3 is 15.0 Å². The molecule has 0 spiro atoms. The molecule has 6 heteroatoms. The van der Waals surface area contributed by atoms with Gasteiger partial charge in [0.25, 0.3) is 0 Å². The molecule has 2 aliphatic rings. The first-order chi connectivity index (χ1) is 14.3. The predicted molar refractivity (Wildman–Crippen MR) is 115 cm³/mol. The van der Waals surface area contributed by atoms with Gasteiger partial charge in [0.15, 0.2) is 0 Å². The van der Waals surface area contributed by atoms with Crippen LogP contribution in [0.5, 0.6) is 0 Å². The zero-order chi connectivity index (χ0) is 19.6. The smallest absolute Gasteiger partial charge is 0.227 e. The molecule has 0 saturated carbocycles. The van der Waals surface area contributed by atoms with Gasteiger partial charge in [-0.05, 0) is 43.9 Å². The summed E-state index contributed by atoms with van der Waals surface area (Å²) in [5.41, 5.74) is 3.38. The maximum Gasteiger partial charge on any atom is 0.227 e. The lowest BCUT2D eigenvalue weighted by molar-refractivity contribution is 0.185. The second-order valence-corrected chi connectivity index (χ2v) is 8.13. The molecule has 150 valence electrons. The van der Waals surface area contributed by atoms with Crippen LogP contribution >= 0.6 is 0 Å². The van der Waals surface area contributed by atoms with Crippen molar-refractivity contribution in [2.45, 2.75) is 32.2 Å². The Hall–Kier alpha value is -2.73. The van der Waals surface area contributed by atoms with E-state index in [2.05, 4.69) is 44.5 Å². The van der Waals surface area contributed by atoms with Gasteiger partial charge in [-0.15, -0.1) is 0 Å². The topological polar surface area (TPSA) is 63.2 Å². The van der Waals surface area contributed by atoms with Gasteiger partial charge in [-0.2, -0.15) is 4.98 Å². The van der Waals surface area contributed by atoms with E-state index in [1.54, 1.807) is 0 Å². The molecule has 2 aliphatic heterocycles. The van der Waals surface area contributed by atoms with Crippen LogP contribution in [0, 0.1) is 12.8 Å². The van der Waals surface area contributed by atoms with Crippen molar-refractivity contribution in [1.82, 2.24) is 15.0 Å². The molecule has 4 heterocycles. The maximum absolute atomic E-state index is 5.85. The van der Waals surface area contributed by atoms with Crippen molar-refractivity contribution in [3.63, 3.8) is 0 Å².